The van der Waals surface area contributed by atoms with Crippen LogP contribution in [0.5, 0.6) is 11.6 Å². The number of rotatable bonds is 1. The number of aromatic hydroxyl groups is 1. The van der Waals surface area contributed by atoms with Crippen LogP contribution >= 0.6 is 0 Å². The van der Waals surface area contributed by atoms with Crippen molar-refractivity contribution in [2.45, 2.75) is 6.36 Å². The predicted molar refractivity (Wildman–Crippen MR) is 41.4 cm³/mol. The fourth-order valence-electron chi connectivity index (χ4n) is 0.703. The third kappa shape index (κ3) is 2.09. The topological polar surface area (TPSA) is 94.4 Å². The van der Waals surface area contributed by atoms with Crippen LogP contribution in [0.15, 0.2) is 6.20 Å². The summed E-state index contributed by atoms with van der Waals surface area (Å²) >= 11 is 0. The van der Waals surface area contributed by atoms with E-state index in [4.69, 9.17) is 16.6 Å². The molecule has 1 rings (SSSR count). The van der Waals surface area contributed by atoms with Gasteiger partial charge in [-0.1, -0.05) is 0 Å². The maximum absolute atomic E-state index is 11.7. The summed E-state index contributed by atoms with van der Waals surface area (Å²) in [7, 11) is 0. The molecule has 14 heavy (non-hydrogen) atoms. The standard InChI is InChI=1S/C6H6F3N3O2/c7-6(8,9)14-5-4(11)3(10)2(13)1-12-5/h1,13H,11H2,(H2,10,12). The summed E-state index contributed by atoms with van der Waals surface area (Å²) in [4.78, 5) is 3.13. The Bertz CT molecular complexity index is 353. The van der Waals surface area contributed by atoms with Crippen molar-refractivity contribution in [3.63, 3.8) is 0 Å². The molecule has 5 nitrogen and oxygen atoms in total. The van der Waals surface area contributed by atoms with E-state index >= 15 is 0 Å². The molecule has 1 aromatic rings. The minimum absolute atomic E-state index is 0.403. The first-order valence-electron chi connectivity index (χ1n) is 3.30. The van der Waals surface area contributed by atoms with E-state index in [1.165, 1.54) is 0 Å². The second-order valence-electron chi connectivity index (χ2n) is 2.32. The second kappa shape index (κ2) is 3.13. The summed E-state index contributed by atoms with van der Waals surface area (Å²) in [6.45, 7) is 0. The molecule has 0 aliphatic rings. The number of nitrogens with two attached hydrogens (primary N) is 2. The summed E-state index contributed by atoms with van der Waals surface area (Å²) in [6, 6.07) is 0. The molecule has 0 atom stereocenters. The maximum atomic E-state index is 11.7. The fraction of sp³-hybridized carbons (Fsp3) is 0.167. The summed E-state index contributed by atoms with van der Waals surface area (Å²) in [5, 5.41) is 8.92. The molecule has 0 saturated carbocycles. The molecule has 0 amide bonds. The fourth-order valence-corrected chi connectivity index (χ4v) is 0.703. The van der Waals surface area contributed by atoms with Crippen molar-refractivity contribution in [1.29, 1.82) is 0 Å². The van der Waals surface area contributed by atoms with E-state index < -0.39 is 29.4 Å². The first-order chi connectivity index (χ1) is 6.31. The monoisotopic (exact) mass is 209 g/mol. The van der Waals surface area contributed by atoms with Gasteiger partial charge >= 0.3 is 6.36 Å². The number of ether oxygens (including phenoxy) is 1. The van der Waals surface area contributed by atoms with Crippen LogP contribution in [0.2, 0.25) is 0 Å². The van der Waals surface area contributed by atoms with E-state index in [-0.39, 0.29) is 0 Å². The quantitative estimate of drug-likeness (QED) is 0.637. The van der Waals surface area contributed by atoms with Crippen LogP contribution < -0.4 is 16.2 Å². The molecule has 1 heterocycles. The highest BCUT2D eigenvalue weighted by molar-refractivity contribution is 5.73. The van der Waals surface area contributed by atoms with Gasteiger partial charge in [-0.2, -0.15) is 0 Å². The third-order valence-corrected chi connectivity index (χ3v) is 1.31. The zero-order valence-corrected chi connectivity index (χ0v) is 6.67. The number of nitrogen functional groups attached to an aromatic ring is 2. The van der Waals surface area contributed by atoms with Gasteiger partial charge in [0.25, 0.3) is 0 Å². The predicted octanol–water partition coefficient (Wildman–Crippen LogP) is 0.850. The van der Waals surface area contributed by atoms with Crippen LogP contribution in [0, 0.1) is 0 Å². The van der Waals surface area contributed by atoms with Gasteiger partial charge < -0.3 is 21.3 Å². The zero-order valence-electron chi connectivity index (χ0n) is 6.67. The molecule has 0 fully saturated rings. The summed E-state index contributed by atoms with van der Waals surface area (Å²) < 4.78 is 38.6. The molecular weight excluding hydrogens is 203 g/mol. The minimum atomic E-state index is -4.90. The van der Waals surface area contributed by atoms with Gasteiger partial charge in [-0.15, -0.1) is 13.2 Å². The lowest BCUT2D eigenvalue weighted by atomic mass is 10.3. The Morgan fingerprint density at radius 1 is 1.29 bits per heavy atom. The first-order valence-corrected chi connectivity index (χ1v) is 3.30. The molecule has 5 N–H and O–H groups in total. The van der Waals surface area contributed by atoms with E-state index in [1.807, 2.05) is 0 Å². The van der Waals surface area contributed by atoms with Crippen molar-refractivity contribution in [2.75, 3.05) is 11.5 Å². The van der Waals surface area contributed by atoms with Crippen LogP contribution in [0.25, 0.3) is 0 Å². The molecule has 8 heteroatoms. The van der Waals surface area contributed by atoms with Crippen molar-refractivity contribution >= 4 is 11.4 Å². The van der Waals surface area contributed by atoms with E-state index in [0.717, 1.165) is 0 Å². The third-order valence-electron chi connectivity index (χ3n) is 1.31. The van der Waals surface area contributed by atoms with Gasteiger partial charge in [0.2, 0.25) is 5.88 Å². The van der Waals surface area contributed by atoms with E-state index in [2.05, 4.69) is 9.72 Å². The van der Waals surface area contributed by atoms with Gasteiger partial charge in [-0.25, -0.2) is 4.98 Å². The number of hydrogen-bond acceptors (Lipinski definition) is 5. The Morgan fingerprint density at radius 3 is 2.36 bits per heavy atom. The molecule has 0 saturated heterocycles. The van der Waals surface area contributed by atoms with Gasteiger partial charge in [0.1, 0.15) is 11.4 Å². The normalized spacial score (nSPS) is 11.4. The minimum Gasteiger partial charge on any atom is -0.504 e. The van der Waals surface area contributed by atoms with Crippen molar-refractivity contribution in [1.82, 2.24) is 4.98 Å². The molecule has 0 unspecified atom stereocenters. The van der Waals surface area contributed by atoms with Crippen LogP contribution in [-0.4, -0.2) is 16.5 Å². The van der Waals surface area contributed by atoms with E-state index in [9.17, 15) is 13.2 Å². The van der Waals surface area contributed by atoms with Crippen LogP contribution in [-0.2, 0) is 0 Å². The Kier molecular flexibility index (Phi) is 2.28. The molecule has 0 radical (unpaired) electrons. The highest BCUT2D eigenvalue weighted by Gasteiger charge is 2.33. The van der Waals surface area contributed by atoms with Gasteiger partial charge in [0.05, 0.1) is 6.20 Å². The number of alkyl halides is 3. The summed E-state index contributed by atoms with van der Waals surface area (Å²) in [6.07, 6.45) is -4.18. The number of pyridine rings is 1. The van der Waals surface area contributed by atoms with Crippen LogP contribution in [0.1, 0.15) is 0 Å². The SMILES string of the molecule is Nc1c(O)cnc(OC(F)(F)F)c1N. The summed E-state index contributed by atoms with van der Waals surface area (Å²) in [5.41, 5.74) is 9.30. The maximum Gasteiger partial charge on any atom is 0.574 e. The number of nitrogens with zero attached hydrogens (tertiary/aromatic N) is 1. The lowest BCUT2D eigenvalue weighted by Gasteiger charge is -2.11. The van der Waals surface area contributed by atoms with Gasteiger partial charge in [0, 0.05) is 0 Å². The molecule has 0 spiro atoms. The molecule has 0 bridgehead atoms. The van der Waals surface area contributed by atoms with Crippen LogP contribution in [0.3, 0.4) is 0 Å². The Hall–Kier alpha value is -1.86. The summed E-state index contributed by atoms with van der Waals surface area (Å²) in [5.74, 6) is -1.38. The zero-order chi connectivity index (χ0) is 10.9. The number of anilines is 2. The highest BCUT2D eigenvalue weighted by Crippen LogP contribution is 2.34. The van der Waals surface area contributed by atoms with Gasteiger partial charge in [0.15, 0.2) is 5.75 Å². The molecule has 0 aliphatic heterocycles. The molecule has 78 valence electrons. The first kappa shape index (κ1) is 10.2. The molecule has 1 aromatic heterocycles. The largest absolute Gasteiger partial charge is 0.574 e. The molecular formula is C6H6F3N3O2. The average Bonchev–Trinajstić information content (AvgIpc) is 2.04. The number of hydrogen-bond donors (Lipinski definition) is 3. The van der Waals surface area contributed by atoms with Crippen molar-refractivity contribution in [3.05, 3.63) is 6.20 Å². The lowest BCUT2D eigenvalue weighted by molar-refractivity contribution is -0.275. The van der Waals surface area contributed by atoms with Gasteiger partial charge in [-0.3, -0.25) is 0 Å². The second-order valence-corrected chi connectivity index (χ2v) is 2.32. The Balaban J connectivity index is 3.06. The Morgan fingerprint density at radius 2 is 1.86 bits per heavy atom. The van der Waals surface area contributed by atoms with Crippen molar-refractivity contribution < 1.29 is 23.0 Å². The number of aromatic nitrogens is 1. The van der Waals surface area contributed by atoms with E-state index in [0.29, 0.717) is 6.20 Å². The molecule has 0 aromatic carbocycles. The highest BCUT2D eigenvalue weighted by atomic mass is 19.4. The van der Waals surface area contributed by atoms with Gasteiger partial charge in [-0.05, 0) is 0 Å². The Labute approximate surface area is 76.1 Å². The lowest BCUT2D eigenvalue weighted by Crippen LogP contribution is -2.19. The van der Waals surface area contributed by atoms with Crippen LogP contribution in [0.4, 0.5) is 24.5 Å². The molecule has 0 aliphatic carbocycles. The number of halogens is 3. The average molecular weight is 209 g/mol. The van der Waals surface area contributed by atoms with E-state index in [1.54, 1.807) is 0 Å². The van der Waals surface area contributed by atoms with Crippen molar-refractivity contribution in [2.24, 2.45) is 0 Å². The smallest absolute Gasteiger partial charge is 0.504 e. The van der Waals surface area contributed by atoms with Crippen molar-refractivity contribution in [3.8, 4) is 11.6 Å².